The number of methoxy groups -OCH3 is 1. The van der Waals surface area contributed by atoms with E-state index < -0.39 is 5.97 Å². The molecule has 1 aliphatic heterocycles. The van der Waals surface area contributed by atoms with Crippen LogP contribution in [0, 0.1) is 11.8 Å². The van der Waals surface area contributed by atoms with Gasteiger partial charge in [0.1, 0.15) is 5.75 Å². The van der Waals surface area contributed by atoms with Crippen LogP contribution >= 0.6 is 0 Å². The molecule has 114 valence electrons. The van der Waals surface area contributed by atoms with Crippen LogP contribution in [0.3, 0.4) is 0 Å². The molecule has 2 rings (SSSR count). The molecule has 1 aromatic carbocycles. The van der Waals surface area contributed by atoms with Crippen molar-refractivity contribution in [1.82, 2.24) is 4.90 Å². The van der Waals surface area contributed by atoms with E-state index in [0.29, 0.717) is 5.75 Å². The normalized spacial score (nSPS) is 22.8. The number of carbonyl (C=O) groups is 1. The summed E-state index contributed by atoms with van der Waals surface area (Å²) in [6.07, 6.45) is 2.72. The Morgan fingerprint density at radius 1 is 1.38 bits per heavy atom. The third kappa shape index (κ3) is 4.08. The van der Waals surface area contributed by atoms with Crippen LogP contribution in [0.5, 0.6) is 5.75 Å². The van der Waals surface area contributed by atoms with Gasteiger partial charge in [0.15, 0.2) is 0 Å². The molecule has 1 heterocycles. The van der Waals surface area contributed by atoms with Gasteiger partial charge in [-0.3, -0.25) is 4.90 Å². The summed E-state index contributed by atoms with van der Waals surface area (Å²) in [5, 5.41) is 8.76. The molecule has 0 saturated carbocycles. The van der Waals surface area contributed by atoms with E-state index in [4.69, 9.17) is 9.84 Å². The van der Waals surface area contributed by atoms with Gasteiger partial charge in [-0.25, -0.2) is 4.79 Å². The summed E-state index contributed by atoms with van der Waals surface area (Å²) >= 11 is 0. The zero-order chi connectivity index (χ0) is 15.4. The molecule has 4 nitrogen and oxygen atoms in total. The van der Waals surface area contributed by atoms with Crippen LogP contribution in [0.1, 0.15) is 25.0 Å². The maximum Gasteiger partial charge on any atom is 0.328 e. The lowest BCUT2D eigenvalue weighted by atomic mass is 10.0. The molecule has 0 amide bonds. The number of rotatable bonds is 5. The van der Waals surface area contributed by atoms with E-state index in [1.54, 1.807) is 13.2 Å². The molecule has 2 atom stereocenters. The summed E-state index contributed by atoms with van der Waals surface area (Å²) in [4.78, 5) is 13.1. The number of ether oxygens (including phenoxy) is 1. The van der Waals surface area contributed by atoms with Crippen LogP contribution in [0.2, 0.25) is 0 Å². The van der Waals surface area contributed by atoms with Gasteiger partial charge in [0.25, 0.3) is 0 Å². The Balaban J connectivity index is 2.14. The van der Waals surface area contributed by atoms with Crippen molar-refractivity contribution in [2.75, 3.05) is 20.2 Å². The SMILES string of the molecule is COc1ccc(CN2CC(C)C(C)C2)cc1C=CC(=O)O. The highest BCUT2D eigenvalue weighted by atomic mass is 16.5. The number of likely N-dealkylation sites (tertiary alicyclic amines) is 1. The number of aliphatic carboxylic acids is 1. The van der Waals surface area contributed by atoms with Gasteiger partial charge >= 0.3 is 5.97 Å². The smallest absolute Gasteiger partial charge is 0.328 e. The molecule has 1 saturated heterocycles. The Morgan fingerprint density at radius 3 is 2.62 bits per heavy atom. The Hall–Kier alpha value is -1.81. The molecule has 0 aliphatic carbocycles. The van der Waals surface area contributed by atoms with Gasteiger partial charge in [-0.05, 0) is 35.6 Å². The summed E-state index contributed by atoms with van der Waals surface area (Å²) in [5.41, 5.74) is 1.99. The van der Waals surface area contributed by atoms with Crippen molar-refractivity contribution in [2.45, 2.75) is 20.4 Å². The molecule has 1 N–H and O–H groups in total. The second-order valence-electron chi connectivity index (χ2n) is 5.90. The lowest BCUT2D eigenvalue weighted by Gasteiger charge is -2.16. The second kappa shape index (κ2) is 6.76. The van der Waals surface area contributed by atoms with E-state index >= 15 is 0 Å². The molecule has 21 heavy (non-hydrogen) atoms. The van der Waals surface area contributed by atoms with Crippen molar-refractivity contribution < 1.29 is 14.6 Å². The molecule has 0 aromatic heterocycles. The maximum atomic E-state index is 10.7. The number of hydrogen-bond acceptors (Lipinski definition) is 3. The second-order valence-corrected chi connectivity index (χ2v) is 5.90. The Kier molecular flexibility index (Phi) is 5.02. The molecule has 1 fully saturated rings. The molecular formula is C17H23NO3. The molecule has 0 spiro atoms. The lowest BCUT2D eigenvalue weighted by Crippen LogP contribution is -2.20. The molecule has 0 bridgehead atoms. The predicted molar refractivity (Wildman–Crippen MR) is 83.3 cm³/mol. The first-order valence-corrected chi connectivity index (χ1v) is 7.30. The van der Waals surface area contributed by atoms with Crippen molar-refractivity contribution >= 4 is 12.0 Å². The Morgan fingerprint density at radius 2 is 2.05 bits per heavy atom. The minimum atomic E-state index is -0.954. The van der Waals surface area contributed by atoms with Gasteiger partial charge < -0.3 is 9.84 Å². The number of benzene rings is 1. The Bertz CT molecular complexity index is 529. The van der Waals surface area contributed by atoms with Crippen LogP contribution in [-0.4, -0.2) is 36.2 Å². The largest absolute Gasteiger partial charge is 0.496 e. The van der Waals surface area contributed by atoms with Crippen molar-refractivity contribution in [3.63, 3.8) is 0 Å². The molecule has 0 radical (unpaired) electrons. The van der Waals surface area contributed by atoms with Crippen LogP contribution in [0.15, 0.2) is 24.3 Å². The van der Waals surface area contributed by atoms with E-state index in [1.807, 2.05) is 18.2 Å². The third-order valence-electron chi connectivity index (χ3n) is 4.17. The summed E-state index contributed by atoms with van der Waals surface area (Å²) in [6, 6.07) is 5.95. The highest BCUT2D eigenvalue weighted by molar-refractivity contribution is 5.85. The van der Waals surface area contributed by atoms with Gasteiger partial charge in [0.05, 0.1) is 7.11 Å². The van der Waals surface area contributed by atoms with Crippen molar-refractivity contribution in [2.24, 2.45) is 11.8 Å². The molecule has 1 aromatic rings. The molecule has 2 unspecified atom stereocenters. The lowest BCUT2D eigenvalue weighted by molar-refractivity contribution is -0.131. The van der Waals surface area contributed by atoms with Crippen LogP contribution in [-0.2, 0) is 11.3 Å². The van der Waals surface area contributed by atoms with E-state index in [2.05, 4.69) is 18.7 Å². The topological polar surface area (TPSA) is 49.8 Å². The zero-order valence-electron chi connectivity index (χ0n) is 12.9. The number of nitrogens with zero attached hydrogens (tertiary/aromatic N) is 1. The first-order chi connectivity index (χ1) is 9.99. The Labute approximate surface area is 126 Å². The van der Waals surface area contributed by atoms with Crippen LogP contribution in [0.4, 0.5) is 0 Å². The van der Waals surface area contributed by atoms with E-state index in [-0.39, 0.29) is 0 Å². The van der Waals surface area contributed by atoms with Gasteiger partial charge in [-0.2, -0.15) is 0 Å². The molecule has 4 heteroatoms. The summed E-state index contributed by atoms with van der Waals surface area (Å²) < 4.78 is 5.28. The van der Waals surface area contributed by atoms with Gasteiger partial charge in [-0.15, -0.1) is 0 Å². The van der Waals surface area contributed by atoms with Gasteiger partial charge in [0, 0.05) is 31.3 Å². The summed E-state index contributed by atoms with van der Waals surface area (Å²) in [6.45, 7) is 7.72. The van der Waals surface area contributed by atoms with Crippen LogP contribution in [0.25, 0.3) is 6.08 Å². The first-order valence-electron chi connectivity index (χ1n) is 7.30. The van der Waals surface area contributed by atoms with E-state index in [9.17, 15) is 4.79 Å². The average molecular weight is 289 g/mol. The fraction of sp³-hybridized carbons (Fsp3) is 0.471. The van der Waals surface area contributed by atoms with Crippen LogP contribution < -0.4 is 4.74 Å². The fourth-order valence-corrected chi connectivity index (χ4v) is 2.81. The summed E-state index contributed by atoms with van der Waals surface area (Å²) in [5.74, 6) is 1.20. The monoisotopic (exact) mass is 289 g/mol. The molecular weight excluding hydrogens is 266 g/mol. The van der Waals surface area contributed by atoms with Gasteiger partial charge in [0.2, 0.25) is 0 Å². The van der Waals surface area contributed by atoms with E-state index in [0.717, 1.165) is 43.1 Å². The predicted octanol–water partition coefficient (Wildman–Crippen LogP) is 2.88. The highest BCUT2D eigenvalue weighted by Gasteiger charge is 2.25. The zero-order valence-corrected chi connectivity index (χ0v) is 12.9. The molecule has 1 aliphatic rings. The fourth-order valence-electron chi connectivity index (χ4n) is 2.81. The first kappa shape index (κ1) is 15.6. The third-order valence-corrected chi connectivity index (χ3v) is 4.17. The van der Waals surface area contributed by atoms with Crippen molar-refractivity contribution in [1.29, 1.82) is 0 Å². The maximum absolute atomic E-state index is 10.7. The average Bonchev–Trinajstić information content (AvgIpc) is 2.75. The van der Waals surface area contributed by atoms with Crippen molar-refractivity contribution in [3.8, 4) is 5.75 Å². The van der Waals surface area contributed by atoms with Crippen molar-refractivity contribution in [3.05, 3.63) is 35.4 Å². The quantitative estimate of drug-likeness (QED) is 0.847. The minimum absolute atomic E-state index is 0.694. The summed E-state index contributed by atoms with van der Waals surface area (Å²) in [7, 11) is 1.59. The van der Waals surface area contributed by atoms with Gasteiger partial charge in [-0.1, -0.05) is 19.9 Å². The van der Waals surface area contributed by atoms with E-state index in [1.165, 1.54) is 5.56 Å². The number of hydrogen-bond donors (Lipinski definition) is 1. The number of carboxylic acid groups (broad SMARTS) is 1. The minimum Gasteiger partial charge on any atom is -0.496 e. The number of carboxylic acids is 1. The highest BCUT2D eigenvalue weighted by Crippen LogP contribution is 2.26. The standard InChI is InChI=1S/C17H23NO3/c1-12-9-18(10-13(12)2)11-14-4-6-16(21-3)15(8-14)5-7-17(19)20/h4-8,12-13H,9-11H2,1-3H3,(H,19,20).